The average Bonchev–Trinajstić information content (AvgIpc) is 3.23. The summed E-state index contributed by atoms with van der Waals surface area (Å²) in [6.07, 6.45) is 0.245. The van der Waals surface area contributed by atoms with Crippen molar-refractivity contribution in [3.05, 3.63) is 50.3 Å². The standard InChI is InChI=1S/C14H11N3O2S3/c18-12(6-10-2-1-4-21-10)16-17-13(19)11-8-22-14(15-11)9-3-5-20-7-9/h1-5,7-8H,6H2,(H,16,18)(H,17,19). The Morgan fingerprint density at radius 3 is 2.73 bits per heavy atom. The Hall–Kier alpha value is -2.03. The van der Waals surface area contributed by atoms with Gasteiger partial charge in [0.1, 0.15) is 10.7 Å². The summed E-state index contributed by atoms with van der Waals surface area (Å²) >= 11 is 4.48. The van der Waals surface area contributed by atoms with Gasteiger partial charge in [0.2, 0.25) is 5.91 Å². The van der Waals surface area contributed by atoms with Crippen molar-refractivity contribution in [2.45, 2.75) is 6.42 Å². The molecule has 0 saturated carbocycles. The first kappa shape index (κ1) is 14.9. The van der Waals surface area contributed by atoms with Crippen molar-refractivity contribution in [1.29, 1.82) is 0 Å². The van der Waals surface area contributed by atoms with E-state index in [2.05, 4.69) is 15.8 Å². The molecular weight excluding hydrogens is 338 g/mol. The van der Waals surface area contributed by atoms with E-state index in [-0.39, 0.29) is 12.3 Å². The number of nitrogens with zero attached hydrogens (tertiary/aromatic N) is 1. The fourth-order valence-corrected chi connectivity index (χ4v) is 3.92. The predicted octanol–water partition coefficient (Wildman–Crippen LogP) is 2.94. The molecule has 0 aromatic carbocycles. The van der Waals surface area contributed by atoms with Crippen LogP contribution in [-0.4, -0.2) is 16.8 Å². The lowest BCUT2D eigenvalue weighted by atomic mass is 10.3. The maximum atomic E-state index is 12.0. The molecule has 0 fully saturated rings. The number of thiophene rings is 2. The van der Waals surface area contributed by atoms with Gasteiger partial charge in [-0.2, -0.15) is 11.3 Å². The van der Waals surface area contributed by atoms with Crippen LogP contribution in [0.15, 0.2) is 39.7 Å². The van der Waals surface area contributed by atoms with Gasteiger partial charge in [-0.05, 0) is 22.9 Å². The zero-order chi connectivity index (χ0) is 15.4. The summed E-state index contributed by atoms with van der Waals surface area (Å²) in [5, 5.41) is 8.30. The largest absolute Gasteiger partial charge is 0.289 e. The number of carbonyl (C=O) groups is 2. The number of aromatic nitrogens is 1. The van der Waals surface area contributed by atoms with Crippen LogP contribution >= 0.6 is 34.0 Å². The molecule has 0 unspecified atom stereocenters. The minimum absolute atomic E-state index is 0.245. The summed E-state index contributed by atoms with van der Waals surface area (Å²) in [7, 11) is 0. The van der Waals surface area contributed by atoms with Crippen molar-refractivity contribution < 1.29 is 9.59 Å². The maximum Gasteiger partial charge on any atom is 0.289 e. The van der Waals surface area contributed by atoms with Crippen LogP contribution in [-0.2, 0) is 11.2 Å². The van der Waals surface area contributed by atoms with Gasteiger partial charge in [-0.25, -0.2) is 4.98 Å². The smallest absolute Gasteiger partial charge is 0.273 e. The van der Waals surface area contributed by atoms with Crippen LogP contribution < -0.4 is 10.9 Å². The third-order valence-corrected chi connectivity index (χ3v) is 5.19. The molecule has 3 aromatic rings. The highest BCUT2D eigenvalue weighted by atomic mass is 32.1. The van der Waals surface area contributed by atoms with E-state index in [1.165, 1.54) is 22.7 Å². The second-order valence-electron chi connectivity index (χ2n) is 4.31. The number of hydrogen-bond acceptors (Lipinski definition) is 6. The minimum atomic E-state index is -0.419. The number of thiazole rings is 1. The molecule has 112 valence electrons. The van der Waals surface area contributed by atoms with Crippen LogP contribution in [0, 0.1) is 0 Å². The highest BCUT2D eigenvalue weighted by Gasteiger charge is 2.13. The molecule has 5 nitrogen and oxygen atoms in total. The summed E-state index contributed by atoms with van der Waals surface area (Å²) in [5.74, 6) is -0.679. The summed E-state index contributed by atoms with van der Waals surface area (Å²) in [6, 6.07) is 5.71. The zero-order valence-electron chi connectivity index (χ0n) is 11.2. The molecule has 3 heterocycles. The first-order valence-electron chi connectivity index (χ1n) is 6.32. The highest BCUT2D eigenvalue weighted by molar-refractivity contribution is 7.14. The van der Waals surface area contributed by atoms with Crippen LogP contribution in [0.2, 0.25) is 0 Å². The quantitative estimate of drug-likeness (QED) is 0.712. The van der Waals surface area contributed by atoms with Gasteiger partial charge >= 0.3 is 0 Å². The van der Waals surface area contributed by atoms with Gasteiger partial charge in [0, 0.05) is 21.2 Å². The second kappa shape index (κ2) is 6.82. The predicted molar refractivity (Wildman–Crippen MR) is 89.1 cm³/mol. The molecule has 3 aromatic heterocycles. The highest BCUT2D eigenvalue weighted by Crippen LogP contribution is 2.25. The van der Waals surface area contributed by atoms with Gasteiger partial charge in [0.15, 0.2) is 0 Å². The lowest BCUT2D eigenvalue weighted by Crippen LogP contribution is -2.42. The molecule has 0 aliphatic heterocycles. The fraction of sp³-hybridized carbons (Fsp3) is 0.0714. The molecule has 0 spiro atoms. The third kappa shape index (κ3) is 3.59. The number of hydrazine groups is 1. The van der Waals surface area contributed by atoms with Crippen molar-refractivity contribution in [3.8, 4) is 10.6 Å². The SMILES string of the molecule is O=C(Cc1cccs1)NNC(=O)c1csc(-c2ccsc2)n1. The summed E-state index contributed by atoms with van der Waals surface area (Å²) in [6.45, 7) is 0. The molecule has 2 N–H and O–H groups in total. The number of rotatable bonds is 4. The second-order valence-corrected chi connectivity index (χ2v) is 6.98. The van der Waals surface area contributed by atoms with Crippen LogP contribution in [0.4, 0.5) is 0 Å². The van der Waals surface area contributed by atoms with Gasteiger partial charge in [0.25, 0.3) is 5.91 Å². The zero-order valence-corrected chi connectivity index (χ0v) is 13.7. The van der Waals surface area contributed by atoms with Crippen LogP contribution in [0.3, 0.4) is 0 Å². The molecule has 0 aliphatic rings. The van der Waals surface area contributed by atoms with Gasteiger partial charge in [-0.3, -0.25) is 20.4 Å². The number of carbonyl (C=O) groups excluding carboxylic acids is 2. The molecule has 3 rings (SSSR count). The Balaban J connectivity index is 1.55. The average molecular weight is 349 g/mol. The summed E-state index contributed by atoms with van der Waals surface area (Å²) < 4.78 is 0. The topological polar surface area (TPSA) is 71.1 Å². The molecule has 2 amide bonds. The van der Waals surface area contributed by atoms with Crippen LogP contribution in [0.25, 0.3) is 10.6 Å². The molecular formula is C14H11N3O2S3. The lowest BCUT2D eigenvalue weighted by molar-refractivity contribution is -0.121. The van der Waals surface area contributed by atoms with E-state index < -0.39 is 5.91 Å². The van der Waals surface area contributed by atoms with Crippen LogP contribution in [0.1, 0.15) is 15.4 Å². The summed E-state index contributed by atoms with van der Waals surface area (Å²) in [4.78, 5) is 28.9. The molecule has 0 atom stereocenters. The number of amides is 2. The monoisotopic (exact) mass is 349 g/mol. The van der Waals surface area contributed by atoms with Crippen molar-refractivity contribution in [1.82, 2.24) is 15.8 Å². The Bertz CT molecular complexity index is 763. The molecule has 0 aliphatic carbocycles. The first-order valence-corrected chi connectivity index (χ1v) is 9.02. The van der Waals surface area contributed by atoms with Gasteiger partial charge in [0.05, 0.1) is 6.42 Å². The maximum absolute atomic E-state index is 12.0. The molecule has 0 bridgehead atoms. The molecule has 0 radical (unpaired) electrons. The third-order valence-electron chi connectivity index (χ3n) is 2.74. The molecule has 22 heavy (non-hydrogen) atoms. The van der Waals surface area contributed by atoms with Crippen LogP contribution in [0.5, 0.6) is 0 Å². The van der Waals surface area contributed by atoms with E-state index in [9.17, 15) is 9.59 Å². The van der Waals surface area contributed by atoms with E-state index in [1.807, 2.05) is 34.3 Å². The van der Waals surface area contributed by atoms with E-state index in [0.29, 0.717) is 5.69 Å². The van der Waals surface area contributed by atoms with E-state index in [0.717, 1.165) is 15.4 Å². The van der Waals surface area contributed by atoms with Crippen molar-refractivity contribution >= 4 is 45.8 Å². The van der Waals surface area contributed by atoms with E-state index in [4.69, 9.17) is 0 Å². The fourth-order valence-electron chi connectivity index (χ4n) is 1.70. The lowest BCUT2D eigenvalue weighted by Gasteiger charge is -2.04. The number of hydrogen-bond donors (Lipinski definition) is 2. The van der Waals surface area contributed by atoms with Crippen molar-refractivity contribution in [2.24, 2.45) is 0 Å². The van der Waals surface area contributed by atoms with E-state index in [1.54, 1.807) is 16.7 Å². The van der Waals surface area contributed by atoms with Gasteiger partial charge < -0.3 is 0 Å². The Morgan fingerprint density at radius 2 is 2.00 bits per heavy atom. The van der Waals surface area contributed by atoms with Crippen molar-refractivity contribution in [3.63, 3.8) is 0 Å². The normalized spacial score (nSPS) is 10.4. The van der Waals surface area contributed by atoms with Gasteiger partial charge in [-0.1, -0.05) is 6.07 Å². The Labute approximate surface area is 138 Å². The minimum Gasteiger partial charge on any atom is -0.273 e. The first-order chi connectivity index (χ1) is 10.7. The Kier molecular flexibility index (Phi) is 4.62. The summed E-state index contributed by atoms with van der Waals surface area (Å²) in [5.41, 5.74) is 6.07. The Morgan fingerprint density at radius 1 is 1.09 bits per heavy atom. The van der Waals surface area contributed by atoms with Crippen molar-refractivity contribution in [2.75, 3.05) is 0 Å². The van der Waals surface area contributed by atoms with E-state index >= 15 is 0 Å². The number of nitrogens with one attached hydrogen (secondary N) is 2. The van der Waals surface area contributed by atoms with Gasteiger partial charge in [-0.15, -0.1) is 22.7 Å². The molecule has 8 heteroatoms. The molecule has 0 saturated heterocycles.